The second-order valence-corrected chi connectivity index (χ2v) is 12.1. The maximum absolute atomic E-state index is 14.7. The van der Waals surface area contributed by atoms with Crippen molar-refractivity contribution in [3.63, 3.8) is 0 Å². The normalized spacial score (nSPS) is 14.4. The van der Waals surface area contributed by atoms with E-state index in [-0.39, 0.29) is 39.9 Å². The molecule has 0 saturated heterocycles. The van der Waals surface area contributed by atoms with E-state index in [4.69, 9.17) is 16.3 Å². The van der Waals surface area contributed by atoms with Gasteiger partial charge in [0.15, 0.2) is 5.82 Å². The second-order valence-electron chi connectivity index (χ2n) is 10.2. The minimum Gasteiger partial charge on any atom is -0.444 e. The van der Waals surface area contributed by atoms with Crippen LogP contribution in [-0.4, -0.2) is 36.0 Å². The van der Waals surface area contributed by atoms with Gasteiger partial charge in [-0.15, -0.1) is 0 Å². The van der Waals surface area contributed by atoms with E-state index in [2.05, 4.69) is 15.3 Å². The molecule has 4 rings (SSSR count). The SMILES string of the molecule is CCCc1nc(CNC(=O)OC(C)(C)C)cc(C)c1N1c2nc(-c3ccccc3F)c(Cl)cc2C(=O)NS1(=O)=O. The number of anilines is 2. The summed E-state index contributed by atoms with van der Waals surface area (Å²) < 4.78 is 49.8. The number of nitrogens with one attached hydrogen (secondary N) is 2. The minimum atomic E-state index is -4.48. The average Bonchev–Trinajstić information content (AvgIpc) is 2.83. The van der Waals surface area contributed by atoms with Gasteiger partial charge in [-0.2, -0.15) is 8.42 Å². The molecular formula is C27H29ClFN5O5S. The van der Waals surface area contributed by atoms with Gasteiger partial charge in [-0.05, 0) is 63.9 Å². The lowest BCUT2D eigenvalue weighted by Crippen LogP contribution is -2.47. The third-order valence-electron chi connectivity index (χ3n) is 5.80. The lowest BCUT2D eigenvalue weighted by Gasteiger charge is -2.32. The lowest BCUT2D eigenvalue weighted by molar-refractivity contribution is 0.0522. The van der Waals surface area contributed by atoms with E-state index in [0.717, 1.165) is 4.31 Å². The van der Waals surface area contributed by atoms with Gasteiger partial charge in [-0.1, -0.05) is 37.1 Å². The van der Waals surface area contributed by atoms with Gasteiger partial charge in [0, 0.05) is 5.56 Å². The molecule has 1 aromatic carbocycles. The summed E-state index contributed by atoms with van der Waals surface area (Å²) in [6, 6.07) is 8.68. The summed E-state index contributed by atoms with van der Waals surface area (Å²) in [5.74, 6) is -1.76. The van der Waals surface area contributed by atoms with Crippen LogP contribution in [0.3, 0.4) is 0 Å². The smallest absolute Gasteiger partial charge is 0.407 e. The van der Waals surface area contributed by atoms with Crippen LogP contribution in [-0.2, 0) is 27.9 Å². The fourth-order valence-corrected chi connectivity index (χ4v) is 5.81. The molecule has 13 heteroatoms. The summed E-state index contributed by atoms with van der Waals surface area (Å²) in [5.41, 5.74) is 0.816. The van der Waals surface area contributed by atoms with E-state index < -0.39 is 33.6 Å². The molecule has 0 bridgehead atoms. The van der Waals surface area contributed by atoms with Gasteiger partial charge in [0.05, 0.1) is 39.9 Å². The van der Waals surface area contributed by atoms with Crippen LogP contribution in [0.2, 0.25) is 5.02 Å². The summed E-state index contributed by atoms with van der Waals surface area (Å²) in [4.78, 5) is 34.0. The zero-order valence-electron chi connectivity index (χ0n) is 22.6. The molecule has 2 N–H and O–H groups in total. The fourth-order valence-electron chi connectivity index (χ4n) is 4.26. The van der Waals surface area contributed by atoms with Gasteiger partial charge in [0.1, 0.15) is 11.4 Å². The topological polar surface area (TPSA) is 131 Å². The van der Waals surface area contributed by atoms with Crippen molar-refractivity contribution < 1.29 is 27.1 Å². The predicted octanol–water partition coefficient (Wildman–Crippen LogP) is 5.35. The van der Waals surface area contributed by atoms with Crippen molar-refractivity contribution in [2.24, 2.45) is 0 Å². The number of aromatic nitrogens is 2. The predicted molar refractivity (Wildman–Crippen MR) is 149 cm³/mol. The van der Waals surface area contributed by atoms with Crippen LogP contribution < -0.4 is 14.3 Å². The maximum atomic E-state index is 14.7. The maximum Gasteiger partial charge on any atom is 0.407 e. The van der Waals surface area contributed by atoms with Crippen molar-refractivity contribution in [2.75, 3.05) is 4.31 Å². The molecule has 40 heavy (non-hydrogen) atoms. The largest absolute Gasteiger partial charge is 0.444 e. The van der Waals surface area contributed by atoms with E-state index in [9.17, 15) is 22.4 Å². The van der Waals surface area contributed by atoms with Crippen molar-refractivity contribution in [2.45, 2.75) is 59.6 Å². The Hall–Kier alpha value is -3.77. The number of carbonyl (C=O) groups excluding carboxylic acids is 2. The quantitative estimate of drug-likeness (QED) is 0.396. The molecule has 3 heterocycles. The van der Waals surface area contributed by atoms with Crippen LogP contribution in [0.25, 0.3) is 11.3 Å². The molecular weight excluding hydrogens is 561 g/mol. The third kappa shape index (κ3) is 6.02. The van der Waals surface area contributed by atoms with Crippen LogP contribution in [0.15, 0.2) is 36.4 Å². The monoisotopic (exact) mass is 589 g/mol. The number of alkyl carbamates (subject to hydrolysis) is 1. The minimum absolute atomic E-state index is 0.0192. The van der Waals surface area contributed by atoms with E-state index in [1.54, 1.807) is 39.8 Å². The highest BCUT2D eigenvalue weighted by Crippen LogP contribution is 2.41. The Morgan fingerprint density at radius 1 is 1.18 bits per heavy atom. The molecule has 1 aliphatic rings. The molecule has 2 amide bonds. The number of carbonyl (C=O) groups is 2. The first-order valence-electron chi connectivity index (χ1n) is 12.5. The lowest BCUT2D eigenvalue weighted by atomic mass is 10.1. The molecule has 0 spiro atoms. The van der Waals surface area contributed by atoms with E-state index in [0.29, 0.717) is 29.8 Å². The summed E-state index contributed by atoms with van der Waals surface area (Å²) in [5, 5.41) is 2.63. The molecule has 0 atom stereocenters. The molecule has 212 valence electrons. The third-order valence-corrected chi connectivity index (χ3v) is 7.36. The summed E-state index contributed by atoms with van der Waals surface area (Å²) in [6.07, 6.45) is 0.369. The highest BCUT2D eigenvalue weighted by atomic mass is 35.5. The molecule has 2 aromatic heterocycles. The number of hydrogen-bond acceptors (Lipinski definition) is 7. The van der Waals surface area contributed by atoms with Crippen LogP contribution in [0.5, 0.6) is 0 Å². The van der Waals surface area contributed by atoms with Gasteiger partial charge < -0.3 is 10.1 Å². The van der Waals surface area contributed by atoms with Gasteiger partial charge in [-0.3, -0.25) is 9.78 Å². The number of rotatable bonds is 6. The molecule has 0 unspecified atom stereocenters. The molecule has 0 saturated carbocycles. The van der Waals surface area contributed by atoms with Crippen molar-refractivity contribution >= 4 is 45.3 Å². The molecule has 0 aliphatic carbocycles. The molecule has 1 aliphatic heterocycles. The number of benzene rings is 1. The number of nitrogens with zero attached hydrogens (tertiary/aromatic N) is 3. The Kier molecular flexibility index (Phi) is 8.04. The number of amides is 2. The zero-order chi connectivity index (χ0) is 29.4. The summed E-state index contributed by atoms with van der Waals surface area (Å²) >= 11 is 6.40. The van der Waals surface area contributed by atoms with Crippen LogP contribution in [0.1, 0.15) is 61.4 Å². The Balaban J connectivity index is 1.85. The standard InChI is InChI=1S/C27H29ClFN5O5S/c1-6-9-21-23(15(2)12-16(31-21)14-30-26(36)39-27(3,4)5)34-24-18(25(35)33-40(34,37)38)13-19(28)22(32-24)17-10-7-8-11-20(17)29/h7-8,10-13H,6,9,14H2,1-5H3,(H,30,36)(H,33,35). The van der Waals surface area contributed by atoms with Crippen LogP contribution in [0, 0.1) is 12.7 Å². The van der Waals surface area contributed by atoms with Gasteiger partial charge >= 0.3 is 16.3 Å². The molecule has 10 nitrogen and oxygen atoms in total. The van der Waals surface area contributed by atoms with Crippen LogP contribution >= 0.6 is 11.6 Å². The highest BCUT2D eigenvalue weighted by Gasteiger charge is 2.40. The van der Waals surface area contributed by atoms with Gasteiger partial charge in [0.25, 0.3) is 5.91 Å². The first-order valence-corrected chi connectivity index (χ1v) is 14.3. The number of ether oxygens (including phenoxy) is 1. The number of pyridine rings is 2. The highest BCUT2D eigenvalue weighted by molar-refractivity contribution is 7.92. The summed E-state index contributed by atoms with van der Waals surface area (Å²) in [6.45, 7) is 8.87. The summed E-state index contributed by atoms with van der Waals surface area (Å²) in [7, 11) is -4.48. The first-order chi connectivity index (χ1) is 18.7. The van der Waals surface area contributed by atoms with E-state index in [1.807, 2.05) is 11.6 Å². The van der Waals surface area contributed by atoms with Crippen molar-refractivity contribution in [3.8, 4) is 11.3 Å². The van der Waals surface area contributed by atoms with Gasteiger partial charge in [-0.25, -0.2) is 23.2 Å². The number of halogens is 2. The molecule has 3 aromatic rings. The van der Waals surface area contributed by atoms with Crippen molar-refractivity contribution in [1.82, 2.24) is 20.0 Å². The zero-order valence-corrected chi connectivity index (χ0v) is 24.2. The Morgan fingerprint density at radius 2 is 1.88 bits per heavy atom. The molecule has 0 fully saturated rings. The van der Waals surface area contributed by atoms with E-state index >= 15 is 0 Å². The average molecular weight is 590 g/mol. The van der Waals surface area contributed by atoms with E-state index in [1.165, 1.54) is 24.3 Å². The van der Waals surface area contributed by atoms with Crippen molar-refractivity contribution in [1.29, 1.82) is 0 Å². The van der Waals surface area contributed by atoms with Crippen LogP contribution in [0.4, 0.5) is 20.7 Å². The molecule has 0 radical (unpaired) electrons. The second kappa shape index (κ2) is 11.0. The Morgan fingerprint density at radius 3 is 2.52 bits per heavy atom. The van der Waals surface area contributed by atoms with Gasteiger partial charge in [0.2, 0.25) is 0 Å². The Labute approximate surface area is 237 Å². The number of fused-ring (bicyclic) bond motifs is 1. The number of hydrogen-bond donors (Lipinski definition) is 2. The fraction of sp³-hybridized carbons (Fsp3) is 0.333. The first kappa shape index (κ1) is 29.2. The Bertz CT molecular complexity index is 1610. The number of aryl methyl sites for hydroxylation is 2. The van der Waals surface area contributed by atoms with Crippen molar-refractivity contribution in [3.05, 3.63) is 69.8 Å².